The number of ether oxygens (including phenoxy) is 1. The second-order valence-corrected chi connectivity index (χ2v) is 13.1. The Kier molecular flexibility index (Phi) is 7.47. The molecule has 0 bridgehead atoms. The Morgan fingerprint density at radius 3 is 1.77 bits per heavy atom. The van der Waals surface area contributed by atoms with Gasteiger partial charge in [-0.05, 0) is 39.5 Å². The predicted octanol–water partition coefficient (Wildman–Crippen LogP) is 5.33. The molecule has 0 atom stereocenters. The normalized spacial score (nSPS) is 11.9. The largest absolute Gasteiger partial charge is 0.462 e. The molecular weight excluding hydrogens is 400 g/mol. The first-order valence-electron chi connectivity index (χ1n) is 10.9. The summed E-state index contributed by atoms with van der Waals surface area (Å²) in [6.45, 7) is 9.72. The summed E-state index contributed by atoms with van der Waals surface area (Å²) >= 11 is 0. The van der Waals surface area contributed by atoms with Gasteiger partial charge in [-0.3, -0.25) is 0 Å². The summed E-state index contributed by atoms with van der Waals surface area (Å²) in [6.07, 6.45) is 0.816. The second kappa shape index (κ2) is 10.1. The average molecular weight is 433 g/mol. The first kappa shape index (κ1) is 23.0. The molecule has 4 heteroatoms. The third kappa shape index (κ3) is 5.14. The molecule has 0 aliphatic rings. The fourth-order valence-corrected chi connectivity index (χ4v) is 8.51. The predicted molar refractivity (Wildman–Crippen MR) is 129 cm³/mol. The van der Waals surface area contributed by atoms with Crippen molar-refractivity contribution in [3.05, 3.63) is 96.1 Å². The fraction of sp³-hybridized carbons (Fsp3) is 0.296. The molecule has 3 aromatic carbocycles. The van der Waals surface area contributed by atoms with Crippen LogP contribution in [0.2, 0.25) is 5.04 Å². The van der Waals surface area contributed by atoms with E-state index in [2.05, 4.69) is 69.3 Å². The van der Waals surface area contributed by atoms with Crippen LogP contribution in [-0.2, 0) is 15.8 Å². The van der Waals surface area contributed by atoms with Crippen molar-refractivity contribution < 1.29 is 14.0 Å². The van der Waals surface area contributed by atoms with Crippen molar-refractivity contribution in [3.8, 4) is 0 Å². The maximum atomic E-state index is 12.1. The van der Waals surface area contributed by atoms with Crippen LogP contribution in [0.5, 0.6) is 0 Å². The van der Waals surface area contributed by atoms with Crippen LogP contribution < -0.4 is 10.4 Å². The van der Waals surface area contributed by atoms with E-state index in [1.165, 1.54) is 10.4 Å². The number of esters is 1. The molecule has 0 radical (unpaired) electrons. The van der Waals surface area contributed by atoms with Gasteiger partial charge in [0.15, 0.2) is 0 Å². The Morgan fingerprint density at radius 2 is 1.32 bits per heavy atom. The summed E-state index contributed by atoms with van der Waals surface area (Å²) in [5, 5.41) is 2.45. The van der Waals surface area contributed by atoms with Crippen LogP contribution in [0.1, 0.15) is 50.0 Å². The van der Waals surface area contributed by atoms with Crippen LogP contribution in [0.4, 0.5) is 0 Å². The topological polar surface area (TPSA) is 35.5 Å². The maximum absolute atomic E-state index is 12.1. The first-order valence-corrected chi connectivity index (χ1v) is 12.8. The molecule has 0 heterocycles. The van der Waals surface area contributed by atoms with Crippen LogP contribution in [-0.4, -0.2) is 20.9 Å². The molecule has 0 amide bonds. The average Bonchev–Trinajstić information content (AvgIpc) is 2.79. The van der Waals surface area contributed by atoms with Gasteiger partial charge in [0.1, 0.15) is 0 Å². The lowest BCUT2D eigenvalue weighted by Gasteiger charge is -2.43. The zero-order valence-electron chi connectivity index (χ0n) is 18.9. The van der Waals surface area contributed by atoms with Crippen molar-refractivity contribution in [2.75, 3.05) is 6.61 Å². The molecule has 3 rings (SSSR count). The molecule has 3 nitrogen and oxygen atoms in total. The monoisotopic (exact) mass is 432 g/mol. The van der Waals surface area contributed by atoms with E-state index in [9.17, 15) is 4.79 Å². The summed E-state index contributed by atoms with van der Waals surface area (Å²) in [5.74, 6) is -0.277. The van der Waals surface area contributed by atoms with E-state index in [0.717, 1.165) is 12.0 Å². The summed E-state index contributed by atoms with van der Waals surface area (Å²) < 4.78 is 12.2. The number of benzene rings is 3. The maximum Gasteiger partial charge on any atom is 0.338 e. The van der Waals surface area contributed by atoms with Gasteiger partial charge in [0, 0.05) is 0 Å². The molecule has 0 aromatic heterocycles. The minimum Gasteiger partial charge on any atom is -0.462 e. The number of hydrogen-bond acceptors (Lipinski definition) is 3. The number of hydrogen-bond donors (Lipinski definition) is 0. The van der Waals surface area contributed by atoms with Crippen LogP contribution >= 0.6 is 0 Å². The number of carbonyl (C=O) groups is 1. The van der Waals surface area contributed by atoms with Crippen LogP contribution in [0.15, 0.2) is 84.9 Å². The Labute approximate surface area is 187 Å². The molecule has 3 aromatic rings. The minimum atomic E-state index is -2.58. The standard InChI is InChI=1S/C27H32O3Si/c1-5-20-29-26(28)23-18-16-22(17-19-23)21-30-31(27(2,3)4,24-12-8-6-9-13-24)25-14-10-7-11-15-25/h6-19H,5,20-21H2,1-4H3. The Hall–Kier alpha value is -2.69. The molecule has 0 saturated carbocycles. The van der Waals surface area contributed by atoms with Crippen molar-refractivity contribution in [1.29, 1.82) is 0 Å². The lowest BCUT2D eigenvalue weighted by atomic mass is 10.1. The molecule has 0 spiro atoms. The quantitative estimate of drug-likeness (QED) is 0.356. The third-order valence-electron chi connectivity index (χ3n) is 5.50. The van der Waals surface area contributed by atoms with Gasteiger partial charge in [0.2, 0.25) is 0 Å². The summed E-state index contributed by atoms with van der Waals surface area (Å²) in [7, 11) is -2.58. The Balaban J connectivity index is 1.92. The van der Waals surface area contributed by atoms with Crippen molar-refractivity contribution in [2.24, 2.45) is 0 Å². The molecule has 162 valence electrons. The van der Waals surface area contributed by atoms with Gasteiger partial charge in [0.25, 0.3) is 8.32 Å². The minimum absolute atomic E-state index is 0.0698. The molecular formula is C27H32O3Si. The van der Waals surface area contributed by atoms with Crippen molar-refractivity contribution in [1.82, 2.24) is 0 Å². The highest BCUT2D eigenvalue weighted by Crippen LogP contribution is 2.37. The van der Waals surface area contributed by atoms with E-state index >= 15 is 0 Å². The highest BCUT2D eigenvalue weighted by Gasteiger charge is 2.50. The lowest BCUT2D eigenvalue weighted by Crippen LogP contribution is -2.66. The first-order chi connectivity index (χ1) is 14.9. The number of carbonyl (C=O) groups excluding carboxylic acids is 1. The molecule has 0 aliphatic heterocycles. The van der Waals surface area contributed by atoms with E-state index in [1.807, 2.05) is 43.3 Å². The van der Waals surface area contributed by atoms with Gasteiger partial charge < -0.3 is 9.16 Å². The lowest BCUT2D eigenvalue weighted by molar-refractivity contribution is 0.0505. The molecule has 0 unspecified atom stereocenters. The van der Waals surface area contributed by atoms with Crippen molar-refractivity contribution >= 4 is 24.7 Å². The van der Waals surface area contributed by atoms with E-state index in [0.29, 0.717) is 18.8 Å². The van der Waals surface area contributed by atoms with E-state index < -0.39 is 8.32 Å². The van der Waals surface area contributed by atoms with Crippen LogP contribution in [0.25, 0.3) is 0 Å². The molecule has 0 N–H and O–H groups in total. The number of rotatable bonds is 8. The van der Waals surface area contributed by atoms with E-state index in [4.69, 9.17) is 9.16 Å². The van der Waals surface area contributed by atoms with Crippen LogP contribution in [0.3, 0.4) is 0 Å². The van der Waals surface area contributed by atoms with Gasteiger partial charge >= 0.3 is 5.97 Å². The second-order valence-electron chi connectivity index (χ2n) is 8.78. The van der Waals surface area contributed by atoms with Crippen molar-refractivity contribution in [2.45, 2.75) is 45.8 Å². The summed E-state index contributed by atoms with van der Waals surface area (Å²) in [6, 6.07) is 28.8. The van der Waals surface area contributed by atoms with Gasteiger partial charge in [-0.2, -0.15) is 0 Å². The molecule has 0 saturated heterocycles. The van der Waals surface area contributed by atoms with Gasteiger partial charge in [-0.1, -0.05) is 100 Å². The molecule has 0 aliphatic carbocycles. The fourth-order valence-electron chi connectivity index (χ4n) is 3.97. The Morgan fingerprint density at radius 1 is 0.806 bits per heavy atom. The van der Waals surface area contributed by atoms with E-state index in [1.54, 1.807) is 0 Å². The van der Waals surface area contributed by atoms with Crippen LogP contribution in [0, 0.1) is 0 Å². The molecule has 31 heavy (non-hydrogen) atoms. The van der Waals surface area contributed by atoms with Crippen molar-refractivity contribution in [3.63, 3.8) is 0 Å². The summed E-state index contributed by atoms with van der Waals surface area (Å²) in [4.78, 5) is 12.1. The molecule has 0 fully saturated rings. The third-order valence-corrected chi connectivity index (χ3v) is 10.5. The zero-order valence-corrected chi connectivity index (χ0v) is 19.9. The van der Waals surface area contributed by atoms with Gasteiger partial charge in [-0.25, -0.2) is 4.79 Å². The Bertz CT molecular complexity index is 921. The highest BCUT2D eigenvalue weighted by molar-refractivity contribution is 6.99. The summed E-state index contributed by atoms with van der Waals surface area (Å²) in [5.41, 5.74) is 1.61. The van der Waals surface area contributed by atoms with E-state index in [-0.39, 0.29) is 11.0 Å². The smallest absolute Gasteiger partial charge is 0.338 e. The van der Waals surface area contributed by atoms with Gasteiger partial charge in [0.05, 0.1) is 18.8 Å². The zero-order chi connectivity index (χ0) is 22.3. The van der Waals surface area contributed by atoms with Gasteiger partial charge in [-0.15, -0.1) is 0 Å². The SMILES string of the molecule is CCCOC(=O)c1ccc(CO[Si](c2ccccc2)(c2ccccc2)C(C)(C)C)cc1. The highest BCUT2D eigenvalue weighted by atomic mass is 28.4.